The van der Waals surface area contributed by atoms with Crippen molar-refractivity contribution in [3.63, 3.8) is 0 Å². The molecule has 0 saturated carbocycles. The summed E-state index contributed by atoms with van der Waals surface area (Å²) in [5, 5.41) is 6.82. The third kappa shape index (κ3) is 1.83. The topological polar surface area (TPSA) is 61.9 Å². The van der Waals surface area contributed by atoms with Gasteiger partial charge in [-0.3, -0.25) is 14.9 Å². The summed E-state index contributed by atoms with van der Waals surface area (Å²) >= 11 is 0. The number of benzene rings is 1. The number of hydrogen-bond donors (Lipinski definition) is 1. The Morgan fingerprint density at radius 2 is 2.14 bits per heavy atom. The normalized spacial score (nSPS) is 16.9. The minimum absolute atomic E-state index is 0.0359. The van der Waals surface area contributed by atoms with Crippen molar-refractivity contribution in [2.45, 2.75) is 6.04 Å². The van der Waals surface area contributed by atoms with Crippen LogP contribution in [-0.4, -0.2) is 33.0 Å². The summed E-state index contributed by atoms with van der Waals surface area (Å²) in [5.74, 6) is 0.0359. The zero-order valence-corrected chi connectivity index (χ0v) is 12.0. The van der Waals surface area contributed by atoms with Gasteiger partial charge in [-0.05, 0) is 29.8 Å². The van der Waals surface area contributed by atoms with E-state index in [9.17, 15) is 4.79 Å². The molecule has 108 valence electrons. The molecule has 0 spiro atoms. The molecule has 1 aliphatic rings. The standard InChI is InChI=1S/C17H14N4O/c1-21-16(12-9-19-20-10-12)14-8-11(5-6-13(14)17(21)22)15-4-2-3-7-18-15/h2-10,16H,1H3,(H,19,20). The highest BCUT2D eigenvalue weighted by molar-refractivity contribution is 6.00. The molecular weight excluding hydrogens is 276 g/mol. The van der Waals surface area contributed by atoms with Gasteiger partial charge in [0.25, 0.3) is 5.91 Å². The second-order valence-electron chi connectivity index (χ2n) is 5.37. The van der Waals surface area contributed by atoms with Gasteiger partial charge in [-0.2, -0.15) is 5.10 Å². The number of fused-ring (bicyclic) bond motifs is 1. The molecule has 0 radical (unpaired) electrons. The predicted molar refractivity (Wildman–Crippen MR) is 82.2 cm³/mol. The summed E-state index contributed by atoms with van der Waals surface area (Å²) in [7, 11) is 1.82. The van der Waals surface area contributed by atoms with Gasteiger partial charge in [0, 0.05) is 36.1 Å². The summed E-state index contributed by atoms with van der Waals surface area (Å²) in [6.45, 7) is 0. The number of aromatic nitrogens is 3. The zero-order chi connectivity index (χ0) is 15.1. The fraction of sp³-hybridized carbons (Fsp3) is 0.118. The lowest BCUT2D eigenvalue weighted by atomic mass is 9.97. The second-order valence-corrected chi connectivity index (χ2v) is 5.37. The number of hydrogen-bond acceptors (Lipinski definition) is 3. The Labute approximate surface area is 127 Å². The first-order valence-electron chi connectivity index (χ1n) is 7.07. The maximum absolute atomic E-state index is 12.4. The van der Waals surface area contributed by atoms with Crippen LogP contribution in [0.5, 0.6) is 0 Å². The molecule has 1 amide bonds. The van der Waals surface area contributed by atoms with Crippen LogP contribution in [-0.2, 0) is 0 Å². The van der Waals surface area contributed by atoms with Gasteiger partial charge in [0.05, 0.1) is 17.9 Å². The van der Waals surface area contributed by atoms with E-state index in [0.29, 0.717) is 0 Å². The Bertz CT molecular complexity index is 827. The van der Waals surface area contributed by atoms with Crippen molar-refractivity contribution < 1.29 is 4.79 Å². The van der Waals surface area contributed by atoms with Crippen molar-refractivity contribution in [2.24, 2.45) is 0 Å². The number of rotatable bonds is 2. The van der Waals surface area contributed by atoms with Crippen LogP contribution >= 0.6 is 0 Å². The first-order chi connectivity index (χ1) is 10.8. The molecule has 0 fully saturated rings. The molecule has 2 aromatic heterocycles. The maximum Gasteiger partial charge on any atom is 0.254 e. The Morgan fingerprint density at radius 1 is 1.23 bits per heavy atom. The Kier molecular flexibility index (Phi) is 2.79. The average molecular weight is 290 g/mol. The molecule has 5 nitrogen and oxygen atoms in total. The lowest BCUT2D eigenvalue weighted by Gasteiger charge is -2.19. The van der Waals surface area contributed by atoms with E-state index >= 15 is 0 Å². The first-order valence-corrected chi connectivity index (χ1v) is 7.07. The number of amides is 1. The number of carbonyl (C=O) groups excluding carboxylic acids is 1. The summed E-state index contributed by atoms with van der Waals surface area (Å²) in [6.07, 6.45) is 5.36. The van der Waals surface area contributed by atoms with Crippen LogP contribution < -0.4 is 0 Å². The summed E-state index contributed by atoms with van der Waals surface area (Å²) in [6, 6.07) is 11.6. The number of aromatic amines is 1. The van der Waals surface area contributed by atoms with Gasteiger partial charge in [-0.1, -0.05) is 12.1 Å². The van der Waals surface area contributed by atoms with Crippen molar-refractivity contribution in [1.29, 1.82) is 0 Å². The van der Waals surface area contributed by atoms with Crippen LogP contribution in [0.4, 0.5) is 0 Å². The van der Waals surface area contributed by atoms with Gasteiger partial charge in [-0.15, -0.1) is 0 Å². The van der Waals surface area contributed by atoms with Crippen LogP contribution in [0.2, 0.25) is 0 Å². The molecule has 0 bridgehead atoms. The van der Waals surface area contributed by atoms with Crippen molar-refractivity contribution in [2.75, 3.05) is 7.05 Å². The van der Waals surface area contributed by atoms with Crippen molar-refractivity contribution in [3.05, 3.63) is 71.7 Å². The van der Waals surface area contributed by atoms with E-state index in [1.165, 1.54) is 0 Å². The minimum Gasteiger partial charge on any atom is -0.330 e. The van der Waals surface area contributed by atoms with Crippen LogP contribution in [0.3, 0.4) is 0 Å². The molecular formula is C17H14N4O. The molecule has 0 aliphatic carbocycles. The molecule has 3 heterocycles. The number of H-pyrrole nitrogens is 1. The van der Waals surface area contributed by atoms with Crippen LogP contribution in [0, 0.1) is 0 Å². The summed E-state index contributed by atoms with van der Waals surface area (Å²) < 4.78 is 0. The lowest BCUT2D eigenvalue weighted by Crippen LogP contribution is -2.23. The lowest BCUT2D eigenvalue weighted by molar-refractivity contribution is 0.0793. The molecule has 1 N–H and O–H groups in total. The fourth-order valence-corrected chi connectivity index (χ4v) is 3.01. The molecule has 4 rings (SSSR count). The maximum atomic E-state index is 12.4. The van der Waals surface area contributed by atoms with E-state index in [1.807, 2.05) is 43.6 Å². The van der Waals surface area contributed by atoms with Crippen LogP contribution in [0.15, 0.2) is 55.0 Å². The molecule has 22 heavy (non-hydrogen) atoms. The second kappa shape index (κ2) is 4.80. The molecule has 3 aromatic rings. The Morgan fingerprint density at radius 3 is 2.86 bits per heavy atom. The van der Waals surface area contributed by atoms with Crippen molar-refractivity contribution >= 4 is 5.91 Å². The largest absolute Gasteiger partial charge is 0.330 e. The molecule has 1 aromatic carbocycles. The minimum atomic E-state index is -0.107. The monoisotopic (exact) mass is 290 g/mol. The van der Waals surface area contributed by atoms with Gasteiger partial charge in [-0.25, -0.2) is 0 Å². The SMILES string of the molecule is CN1C(=O)c2ccc(-c3ccccn3)cc2C1c1cn[nH]c1. The number of nitrogens with one attached hydrogen (secondary N) is 1. The third-order valence-electron chi connectivity index (χ3n) is 4.08. The number of nitrogens with zero attached hydrogens (tertiary/aromatic N) is 3. The molecule has 0 saturated heterocycles. The Balaban J connectivity index is 1.87. The molecule has 1 atom stereocenters. The van der Waals surface area contributed by atoms with E-state index in [4.69, 9.17) is 0 Å². The van der Waals surface area contributed by atoms with Gasteiger partial charge in [0.1, 0.15) is 0 Å². The highest BCUT2D eigenvalue weighted by atomic mass is 16.2. The van der Waals surface area contributed by atoms with Gasteiger partial charge < -0.3 is 4.90 Å². The van der Waals surface area contributed by atoms with E-state index in [1.54, 1.807) is 17.3 Å². The summed E-state index contributed by atoms with van der Waals surface area (Å²) in [5.41, 5.74) is 4.63. The van der Waals surface area contributed by atoms with Crippen LogP contribution in [0.1, 0.15) is 27.5 Å². The molecule has 1 unspecified atom stereocenters. The van der Waals surface area contributed by atoms with Crippen molar-refractivity contribution in [3.8, 4) is 11.3 Å². The van der Waals surface area contributed by atoms with E-state index in [0.717, 1.165) is 27.9 Å². The van der Waals surface area contributed by atoms with Gasteiger partial charge in [0.2, 0.25) is 0 Å². The zero-order valence-electron chi connectivity index (χ0n) is 12.0. The number of pyridine rings is 1. The fourth-order valence-electron chi connectivity index (χ4n) is 3.01. The van der Waals surface area contributed by atoms with E-state index < -0.39 is 0 Å². The summed E-state index contributed by atoms with van der Waals surface area (Å²) in [4.78, 5) is 18.6. The van der Waals surface area contributed by atoms with E-state index in [-0.39, 0.29) is 11.9 Å². The van der Waals surface area contributed by atoms with Gasteiger partial charge >= 0.3 is 0 Å². The smallest absolute Gasteiger partial charge is 0.254 e. The van der Waals surface area contributed by atoms with Crippen molar-refractivity contribution in [1.82, 2.24) is 20.1 Å². The first kappa shape index (κ1) is 12.8. The number of carbonyl (C=O) groups is 1. The molecule has 5 heteroatoms. The predicted octanol–water partition coefficient (Wildman–Crippen LogP) is 2.65. The van der Waals surface area contributed by atoms with Gasteiger partial charge in [0.15, 0.2) is 0 Å². The quantitative estimate of drug-likeness (QED) is 0.789. The highest BCUT2D eigenvalue weighted by Crippen LogP contribution is 2.38. The van der Waals surface area contributed by atoms with E-state index in [2.05, 4.69) is 21.2 Å². The Hall–Kier alpha value is -2.95. The average Bonchev–Trinajstić information content (AvgIpc) is 3.16. The third-order valence-corrected chi connectivity index (χ3v) is 4.08. The van der Waals surface area contributed by atoms with Crippen LogP contribution in [0.25, 0.3) is 11.3 Å². The highest BCUT2D eigenvalue weighted by Gasteiger charge is 2.35. The molecule has 1 aliphatic heterocycles.